The average Bonchev–Trinajstić information content (AvgIpc) is 0.791. The normalized spacial score (nSPS) is 10.5. The summed E-state index contributed by atoms with van der Waals surface area (Å²) < 4.78 is 147. The van der Waals surface area contributed by atoms with Gasteiger partial charge in [0, 0.05) is 98.2 Å². The summed E-state index contributed by atoms with van der Waals surface area (Å²) in [5, 5.41) is 17.4. The maximum atomic E-state index is 14.0. The molecule has 0 saturated heterocycles. The van der Waals surface area contributed by atoms with Crippen molar-refractivity contribution in [1.82, 2.24) is 13.7 Å². The molecule has 0 aliphatic rings. The number of thioether (sulfide) groups is 1. The summed E-state index contributed by atoms with van der Waals surface area (Å²) in [6.07, 6.45) is 5.49. The molecule has 0 bridgehead atoms. The molecular formula is C102H88ClF10N9O14S. The Morgan fingerprint density at radius 3 is 1.00 bits per heavy atom. The Bertz CT molecular complexity index is 6800. The number of ketones is 5. The van der Waals surface area contributed by atoms with Crippen LogP contribution in [-0.2, 0) is 49.5 Å². The number of hydrogen-bond acceptors (Lipinski definition) is 20. The second-order valence-electron chi connectivity index (χ2n) is 28.8. The van der Waals surface area contributed by atoms with Crippen molar-refractivity contribution in [3.8, 4) is 17.1 Å². The molecule has 0 unspecified atom stereocenters. The quantitative estimate of drug-likeness (QED) is 0.00407. The number of nitrogen functional groups attached to an aromatic ring is 3. The van der Waals surface area contributed by atoms with Gasteiger partial charge < -0.3 is 42.3 Å². The number of Topliss-reactive ketones (excluding diaryl/α,β-unsaturated/α-hetero) is 2. The molecule has 708 valence electrons. The highest BCUT2D eigenvalue weighted by Gasteiger charge is 2.26. The third-order valence-corrected chi connectivity index (χ3v) is 19.9. The number of carbonyl (C=O) groups is 8. The van der Waals surface area contributed by atoms with E-state index in [2.05, 4.69) is 18.2 Å². The number of esters is 2. The zero-order valence-electron chi connectivity index (χ0n) is 73.6. The number of nitrogens with one attached hydrogen (secondary N) is 1. The summed E-state index contributed by atoms with van der Waals surface area (Å²) in [4.78, 5) is 136. The van der Waals surface area contributed by atoms with Gasteiger partial charge >= 0.3 is 11.9 Å². The van der Waals surface area contributed by atoms with Crippen molar-refractivity contribution in [2.24, 2.45) is 10.7 Å². The highest BCUT2D eigenvalue weighted by Crippen LogP contribution is 2.29. The van der Waals surface area contributed by atoms with Crippen molar-refractivity contribution in [3.05, 3.63) is 435 Å². The smallest absolute Gasteiger partial charge is 0.302 e. The number of halogens is 11. The number of carbonyl (C=O) groups excluding carboxylic acids is 8. The molecule has 13 rings (SSSR count). The molecule has 0 saturated carbocycles. The SMILES string of the molecule is C=CC.C=CC.CC(=O)OCCc1ccc(-n2c(N)c(C(=O)c3ccc(F)cc3F)ccc2=O)cc1.CC(=O)OCCc1ccc(N=C(N)CC(=O)c2ccc(F)cc2F)cc1.N=C(CC(=O)c1ccc(F)cc1F)Sc1ccc(Cl)cc1.Nc1c(C(=O)c2ccc(F)cc2F)ccc(=O)n1-c1ccc(CC=O)cc1.Nc1c(C(=O)c2ccc(F)cc2F)ccc(=O)n1-c1ccc(CCO)cc1. The van der Waals surface area contributed by atoms with Gasteiger partial charge in [-0.2, -0.15) is 0 Å². The molecule has 10 N–H and O–H groups in total. The van der Waals surface area contributed by atoms with E-state index in [0.717, 1.165) is 138 Å². The predicted molar refractivity (Wildman–Crippen MR) is 505 cm³/mol. The van der Waals surface area contributed by atoms with E-state index in [1.807, 2.05) is 13.8 Å². The van der Waals surface area contributed by atoms with Crippen molar-refractivity contribution in [2.75, 3.05) is 37.0 Å². The lowest BCUT2D eigenvalue weighted by Gasteiger charge is -2.14. The highest BCUT2D eigenvalue weighted by molar-refractivity contribution is 8.13. The molecule has 0 amide bonds. The minimum Gasteiger partial charge on any atom is -0.466 e. The van der Waals surface area contributed by atoms with Crippen LogP contribution in [-0.4, -0.2) is 96.6 Å². The molecule has 0 atom stereocenters. The number of nitrogens with two attached hydrogens (primary N) is 4. The first-order chi connectivity index (χ1) is 65.2. The Morgan fingerprint density at radius 1 is 0.416 bits per heavy atom. The molecule has 0 aliphatic carbocycles. The molecule has 3 heterocycles. The number of aliphatic hydroxyl groups is 1. The number of allylic oxidation sites excluding steroid dienone is 2. The van der Waals surface area contributed by atoms with Crippen LogP contribution >= 0.6 is 23.4 Å². The topological polar surface area (TPSA) is 382 Å². The van der Waals surface area contributed by atoms with Crippen LogP contribution in [0.1, 0.15) is 131 Å². The van der Waals surface area contributed by atoms with Crippen LogP contribution in [0.5, 0.6) is 0 Å². The van der Waals surface area contributed by atoms with Crippen LogP contribution in [0.2, 0.25) is 5.02 Å². The number of aliphatic hydroxyl groups excluding tert-OH is 1. The van der Waals surface area contributed by atoms with Crippen LogP contribution < -0.4 is 39.6 Å². The Morgan fingerprint density at radius 2 is 0.701 bits per heavy atom. The number of rotatable bonds is 27. The van der Waals surface area contributed by atoms with Gasteiger partial charge in [0.05, 0.1) is 98.4 Å². The molecule has 13 aromatic rings. The zero-order valence-corrected chi connectivity index (χ0v) is 75.2. The molecule has 35 heteroatoms. The predicted octanol–water partition coefficient (Wildman–Crippen LogP) is 18.8. The van der Waals surface area contributed by atoms with Gasteiger partial charge in [-0.15, -0.1) is 13.2 Å². The third-order valence-electron chi connectivity index (χ3n) is 18.7. The maximum Gasteiger partial charge on any atom is 0.302 e. The number of benzene rings is 10. The molecule has 137 heavy (non-hydrogen) atoms. The van der Waals surface area contributed by atoms with E-state index in [1.54, 1.807) is 133 Å². The molecular weight excluding hydrogens is 1830 g/mol. The number of anilines is 3. The van der Waals surface area contributed by atoms with E-state index < -0.39 is 104 Å². The van der Waals surface area contributed by atoms with E-state index in [4.69, 9.17) is 54.5 Å². The van der Waals surface area contributed by atoms with Crippen molar-refractivity contribution >= 4 is 105 Å². The van der Waals surface area contributed by atoms with Crippen molar-refractivity contribution in [2.45, 2.75) is 71.1 Å². The second kappa shape index (κ2) is 53.0. The number of aromatic nitrogens is 3. The lowest BCUT2D eigenvalue weighted by Crippen LogP contribution is -2.23. The van der Waals surface area contributed by atoms with E-state index in [1.165, 1.54) is 32.0 Å². The molecule has 0 fully saturated rings. The van der Waals surface area contributed by atoms with Crippen molar-refractivity contribution in [1.29, 1.82) is 5.41 Å². The minimum absolute atomic E-state index is 0.00530. The Balaban J connectivity index is 0.000000230. The number of pyridine rings is 3. The highest BCUT2D eigenvalue weighted by atomic mass is 35.5. The van der Waals surface area contributed by atoms with E-state index in [0.29, 0.717) is 77.4 Å². The first kappa shape index (κ1) is 108. The fraction of sp³-hybridized carbons (Fsp3) is 0.127. The zero-order chi connectivity index (χ0) is 101. The van der Waals surface area contributed by atoms with Gasteiger partial charge in [-0.3, -0.25) is 67.1 Å². The van der Waals surface area contributed by atoms with E-state index >= 15 is 0 Å². The Kier molecular flexibility index (Phi) is 41.8. The summed E-state index contributed by atoms with van der Waals surface area (Å²) in [6, 6.07) is 54.2. The monoisotopic (exact) mass is 1920 g/mol. The molecule has 3 aromatic heterocycles. The first-order valence-electron chi connectivity index (χ1n) is 40.9. The molecule has 0 spiro atoms. The average molecular weight is 1920 g/mol. The number of ether oxygens (including phenoxy) is 2. The number of nitrogens with zero attached hydrogens (tertiary/aromatic N) is 4. The number of amidine groups is 1. The van der Waals surface area contributed by atoms with Crippen molar-refractivity contribution in [3.63, 3.8) is 0 Å². The Labute approximate surface area is 787 Å². The van der Waals surface area contributed by atoms with E-state index in [-0.39, 0.29) is 124 Å². The van der Waals surface area contributed by atoms with Crippen LogP contribution in [0.15, 0.2) is 298 Å². The van der Waals surface area contributed by atoms with Gasteiger partial charge in [-0.25, -0.2) is 48.9 Å². The van der Waals surface area contributed by atoms with Gasteiger partial charge in [0.15, 0.2) is 28.9 Å². The fourth-order valence-corrected chi connectivity index (χ4v) is 13.2. The van der Waals surface area contributed by atoms with Crippen LogP contribution in [0.25, 0.3) is 17.1 Å². The molecule has 10 aromatic carbocycles. The molecule has 0 radical (unpaired) electrons. The maximum absolute atomic E-state index is 14.0. The lowest BCUT2D eigenvalue weighted by molar-refractivity contribution is -0.141. The first-order valence-corrected chi connectivity index (χ1v) is 42.1. The third kappa shape index (κ3) is 32.1. The lowest BCUT2D eigenvalue weighted by atomic mass is 10.0. The molecule has 23 nitrogen and oxygen atoms in total. The minimum atomic E-state index is -1.02. The second-order valence-corrected chi connectivity index (χ2v) is 30.4. The number of aldehydes is 1. The summed E-state index contributed by atoms with van der Waals surface area (Å²) in [7, 11) is 0. The van der Waals surface area contributed by atoms with E-state index in [9.17, 15) is 96.6 Å². The number of hydrogen-bond donors (Lipinski definition) is 6. The van der Waals surface area contributed by atoms with Gasteiger partial charge in [0.25, 0.3) is 16.7 Å². The standard InChI is InChI=1S/C22H18F2N2O4.C20H16F2N2O3.C20H14F2N2O3.C19H18F2N2O3.C15H10ClF2NOS.2C3H6/c1-13(27)30-11-10-14-2-5-16(6-3-14)26-20(28)9-8-18(22(26)25)21(29)17-7-4-15(23)12-19(17)24;2*21-13-3-6-15(17(22)11-13)19(27)16-7-8-18(26)24(20(16)23)14-4-1-12(2-5-14)9-10-25;1-12(24)26-9-8-13-2-5-15(6-3-13)23-19(22)11-18(25)16-7-4-14(20)10-17(16)21;16-9-1-4-11(5-2-9)21-15(19)8-14(20)12-6-3-10(17)7-13(12)18;2*1-3-2/h2-9,12H,10-11,25H2,1H3;1-8,11,25H,9-10,23H2;1-8,10-11H,9,23H2;2-7,10H,8-9,11H2,1H3,(H2,22,23);1-7,19H,8H2;2*3H,1H2,2H3. The van der Waals surface area contributed by atoms with Gasteiger partial charge in [-0.05, 0) is 194 Å². The number of aliphatic imine (C=N–C) groups is 1. The summed E-state index contributed by atoms with van der Waals surface area (Å²) in [6.45, 7) is 13.7. The Hall–Kier alpha value is -16.1. The van der Waals surface area contributed by atoms with Gasteiger partial charge in [0.2, 0.25) is 0 Å². The summed E-state index contributed by atoms with van der Waals surface area (Å²) >= 11 is 6.85. The largest absolute Gasteiger partial charge is 0.466 e. The van der Waals surface area contributed by atoms with Crippen molar-refractivity contribution < 1.29 is 96.8 Å². The van der Waals surface area contributed by atoms with Crippen LogP contribution in [0.4, 0.5) is 67.0 Å². The van der Waals surface area contributed by atoms with Crippen LogP contribution in [0, 0.1) is 63.6 Å². The van der Waals surface area contributed by atoms with Gasteiger partial charge in [0.1, 0.15) is 87.7 Å². The summed E-state index contributed by atoms with van der Waals surface area (Å²) in [5.41, 5.74) is 25.9. The van der Waals surface area contributed by atoms with Gasteiger partial charge in [-0.1, -0.05) is 84.0 Å². The molecule has 0 aliphatic heterocycles. The van der Waals surface area contributed by atoms with Crippen LogP contribution in [0.3, 0.4) is 0 Å². The fourth-order valence-electron chi connectivity index (χ4n) is 12.3. The summed E-state index contributed by atoms with van der Waals surface area (Å²) in [5.74, 6) is -13.4.